The number of para-hydroxylation sites is 2. The first kappa shape index (κ1) is 28.4. The molecule has 1 aliphatic carbocycles. The molecule has 2 nitrogen and oxygen atoms in total. The summed E-state index contributed by atoms with van der Waals surface area (Å²) < 4.78 is 2.37. The molecule has 0 atom stereocenters. The Morgan fingerprint density at radius 3 is 2.25 bits per heavy atom. The number of rotatable bonds is 4. The Hall–Kier alpha value is -3.14. The molecule has 40 heavy (non-hydrogen) atoms. The van der Waals surface area contributed by atoms with E-state index in [1.807, 2.05) is 11.3 Å². The quantitative estimate of drug-likeness (QED) is 0.341. The minimum atomic E-state index is -0.0170. The fourth-order valence-corrected chi connectivity index (χ4v) is 7.80. The third-order valence-corrected chi connectivity index (χ3v) is 9.96. The number of nitrogens with zero attached hydrogens (tertiary/aromatic N) is 2. The summed E-state index contributed by atoms with van der Waals surface area (Å²) in [4.78, 5) is 3.74. The zero-order valence-electron chi connectivity index (χ0n) is 24.5. The summed E-state index contributed by atoms with van der Waals surface area (Å²) >= 11 is 1.85. The van der Waals surface area contributed by atoms with Crippen LogP contribution in [0.15, 0.2) is 107 Å². The van der Waals surface area contributed by atoms with Crippen molar-refractivity contribution in [1.29, 1.82) is 0 Å². The van der Waals surface area contributed by atoms with Crippen LogP contribution in [-0.2, 0) is 10.8 Å². The SMILES string of the molecule is CN1C(=CC=C2CCCC(C=CC3=[N+](C)c4ccccc4C3(C)C)=C2c2cccs2)C(C)(C)c2ccccc21.[Cl-]. The number of fused-ring (bicyclic) bond motifs is 2. The molecule has 0 spiro atoms. The molecule has 206 valence electrons. The lowest BCUT2D eigenvalue weighted by Crippen LogP contribution is -3.00. The van der Waals surface area contributed by atoms with Gasteiger partial charge in [-0.3, -0.25) is 0 Å². The molecule has 0 saturated carbocycles. The monoisotopic (exact) mass is 566 g/mol. The highest BCUT2D eigenvalue weighted by Crippen LogP contribution is 2.47. The second-order valence-electron chi connectivity index (χ2n) is 12.1. The van der Waals surface area contributed by atoms with E-state index >= 15 is 0 Å². The van der Waals surface area contributed by atoms with Crippen molar-refractivity contribution in [2.45, 2.75) is 57.8 Å². The van der Waals surface area contributed by atoms with Crippen LogP contribution in [0.1, 0.15) is 63.0 Å². The van der Waals surface area contributed by atoms with Gasteiger partial charge in [-0.2, -0.15) is 4.58 Å². The highest BCUT2D eigenvalue weighted by Gasteiger charge is 2.42. The lowest BCUT2D eigenvalue weighted by atomic mass is 9.80. The van der Waals surface area contributed by atoms with Gasteiger partial charge in [0.1, 0.15) is 7.05 Å². The van der Waals surface area contributed by atoms with E-state index in [0.717, 1.165) is 12.8 Å². The molecular formula is C36H39ClN2S. The maximum Gasteiger partial charge on any atom is 0.209 e. The number of benzene rings is 2. The molecule has 1 aromatic heterocycles. The molecule has 3 aliphatic rings. The van der Waals surface area contributed by atoms with Crippen LogP contribution in [0.25, 0.3) is 5.57 Å². The summed E-state index contributed by atoms with van der Waals surface area (Å²) in [6.45, 7) is 9.39. The number of allylic oxidation sites excluding steroid dienone is 8. The third-order valence-electron chi connectivity index (χ3n) is 9.07. The van der Waals surface area contributed by atoms with Crippen LogP contribution in [0.4, 0.5) is 11.4 Å². The van der Waals surface area contributed by atoms with Gasteiger partial charge in [0.05, 0.1) is 5.41 Å². The summed E-state index contributed by atoms with van der Waals surface area (Å²) in [6.07, 6.45) is 13.0. The molecule has 0 radical (unpaired) electrons. The number of anilines is 1. The predicted molar refractivity (Wildman–Crippen MR) is 169 cm³/mol. The first-order valence-electron chi connectivity index (χ1n) is 14.1. The second-order valence-corrected chi connectivity index (χ2v) is 13.0. The molecule has 2 aromatic carbocycles. The lowest BCUT2D eigenvalue weighted by molar-refractivity contribution is -0.401. The highest BCUT2D eigenvalue weighted by molar-refractivity contribution is 7.11. The molecule has 3 heterocycles. The van der Waals surface area contributed by atoms with Crippen molar-refractivity contribution >= 4 is 34.0 Å². The first-order valence-corrected chi connectivity index (χ1v) is 15.0. The highest BCUT2D eigenvalue weighted by atomic mass is 35.5. The van der Waals surface area contributed by atoms with E-state index in [-0.39, 0.29) is 23.2 Å². The van der Waals surface area contributed by atoms with Crippen molar-refractivity contribution in [1.82, 2.24) is 0 Å². The van der Waals surface area contributed by atoms with E-state index in [0.29, 0.717) is 0 Å². The molecule has 0 unspecified atom stereocenters. The Kier molecular flexibility index (Phi) is 7.58. The lowest BCUT2D eigenvalue weighted by Gasteiger charge is -2.25. The van der Waals surface area contributed by atoms with Gasteiger partial charge >= 0.3 is 0 Å². The summed E-state index contributed by atoms with van der Waals surface area (Å²) in [5, 5.41) is 2.21. The second kappa shape index (κ2) is 10.7. The maximum absolute atomic E-state index is 2.41. The molecule has 0 N–H and O–H groups in total. The molecule has 0 bridgehead atoms. The topological polar surface area (TPSA) is 6.25 Å². The van der Waals surface area contributed by atoms with E-state index in [1.54, 1.807) is 0 Å². The summed E-state index contributed by atoms with van der Waals surface area (Å²) in [6, 6.07) is 22.1. The van der Waals surface area contributed by atoms with Gasteiger partial charge in [0.2, 0.25) is 5.69 Å². The third kappa shape index (κ3) is 4.54. The minimum absolute atomic E-state index is 0. The van der Waals surface area contributed by atoms with Crippen molar-refractivity contribution in [2.75, 3.05) is 19.0 Å². The molecule has 4 heteroatoms. The van der Waals surface area contributed by atoms with Gasteiger partial charge in [0.25, 0.3) is 0 Å². The zero-order valence-corrected chi connectivity index (χ0v) is 26.0. The number of halogens is 1. The summed E-state index contributed by atoms with van der Waals surface area (Å²) in [5.41, 5.74) is 12.4. The normalized spacial score (nSPS) is 21.4. The zero-order chi connectivity index (χ0) is 27.4. The number of likely N-dealkylation sites (N-methyl/N-ethyl adjacent to an activating group) is 1. The maximum atomic E-state index is 2.41. The fourth-order valence-electron chi connectivity index (χ4n) is 6.96. The van der Waals surface area contributed by atoms with Gasteiger partial charge in [-0.05, 0) is 79.0 Å². The molecule has 6 rings (SSSR count). The average Bonchev–Trinajstić information content (AvgIpc) is 3.58. The van der Waals surface area contributed by atoms with Crippen LogP contribution in [0.3, 0.4) is 0 Å². The van der Waals surface area contributed by atoms with Gasteiger partial charge in [0.15, 0.2) is 5.71 Å². The van der Waals surface area contributed by atoms with Crippen molar-refractivity contribution in [2.24, 2.45) is 0 Å². The van der Waals surface area contributed by atoms with E-state index < -0.39 is 0 Å². The Labute approximate surface area is 250 Å². The Morgan fingerprint density at radius 1 is 0.825 bits per heavy atom. The van der Waals surface area contributed by atoms with Crippen LogP contribution in [0.5, 0.6) is 0 Å². The van der Waals surface area contributed by atoms with Crippen LogP contribution in [0, 0.1) is 0 Å². The molecule has 0 fully saturated rings. The first-order chi connectivity index (χ1) is 18.7. The van der Waals surface area contributed by atoms with Gasteiger partial charge in [-0.1, -0.05) is 68.5 Å². The van der Waals surface area contributed by atoms with Crippen LogP contribution in [-0.4, -0.2) is 24.4 Å². The molecule has 2 aliphatic heterocycles. The van der Waals surface area contributed by atoms with Gasteiger partial charge < -0.3 is 17.3 Å². The molecular weight excluding hydrogens is 528 g/mol. The predicted octanol–water partition coefficient (Wildman–Crippen LogP) is 6.19. The van der Waals surface area contributed by atoms with Crippen molar-refractivity contribution < 1.29 is 17.0 Å². The number of hydrogen-bond acceptors (Lipinski definition) is 2. The average molecular weight is 567 g/mol. The van der Waals surface area contributed by atoms with Crippen molar-refractivity contribution in [3.8, 4) is 0 Å². The van der Waals surface area contributed by atoms with Crippen molar-refractivity contribution in [3.05, 3.63) is 123 Å². The van der Waals surface area contributed by atoms with Crippen LogP contribution < -0.4 is 17.3 Å². The van der Waals surface area contributed by atoms with Crippen LogP contribution >= 0.6 is 11.3 Å². The Bertz CT molecular complexity index is 1590. The smallest absolute Gasteiger partial charge is 0.209 e. The van der Waals surface area contributed by atoms with E-state index in [9.17, 15) is 0 Å². The van der Waals surface area contributed by atoms with Gasteiger partial charge in [0, 0.05) is 46.4 Å². The Morgan fingerprint density at radius 2 is 1.55 bits per heavy atom. The molecule has 0 amide bonds. The minimum Gasteiger partial charge on any atom is -1.00 e. The van der Waals surface area contributed by atoms with Gasteiger partial charge in [-0.25, -0.2) is 0 Å². The number of hydrogen-bond donors (Lipinski definition) is 0. The number of thiophene rings is 1. The Balaban J connectivity index is 0.00000323. The largest absolute Gasteiger partial charge is 1.00 e. The van der Waals surface area contributed by atoms with E-state index in [4.69, 9.17) is 0 Å². The molecule has 0 saturated heterocycles. The standard InChI is InChI=1S/C36H39N2S.ClH/c1-35(2)27-15-7-9-17-29(27)37(5)32(35)22-20-25-13-11-14-26(34(25)31-19-12-24-39-31)21-23-33-36(3,4)28-16-8-10-18-30(28)38(33)6;/h7-10,12,15-24H,11,13-14H2,1-6H3;1H/q+1;/p-1. The fraction of sp³-hybridized carbons (Fsp3) is 0.306. The van der Waals surface area contributed by atoms with Crippen LogP contribution in [0.2, 0.25) is 0 Å². The summed E-state index contributed by atoms with van der Waals surface area (Å²) in [7, 11) is 4.41. The summed E-state index contributed by atoms with van der Waals surface area (Å²) in [5.74, 6) is 0. The van der Waals surface area contributed by atoms with E-state index in [1.165, 1.54) is 61.9 Å². The van der Waals surface area contributed by atoms with Crippen molar-refractivity contribution in [3.63, 3.8) is 0 Å². The van der Waals surface area contributed by atoms with E-state index in [2.05, 4.69) is 142 Å². The molecule has 3 aromatic rings. The van der Waals surface area contributed by atoms with Gasteiger partial charge in [-0.15, -0.1) is 11.3 Å².